The lowest BCUT2D eigenvalue weighted by molar-refractivity contribution is -0.137. The van der Waals surface area contributed by atoms with Crippen molar-refractivity contribution in [2.75, 3.05) is 31.1 Å². The molecule has 1 aromatic carbocycles. The molecule has 7 heteroatoms. The third-order valence-electron chi connectivity index (χ3n) is 3.91. The van der Waals surface area contributed by atoms with Crippen molar-refractivity contribution < 1.29 is 18.0 Å². The molecular formula is C15H20F3N3O. The molecule has 4 nitrogen and oxygen atoms in total. The molecule has 1 aromatic rings. The summed E-state index contributed by atoms with van der Waals surface area (Å²) in [6.07, 6.45) is -3.72. The average molecular weight is 315 g/mol. The van der Waals surface area contributed by atoms with Gasteiger partial charge in [0.2, 0.25) is 5.91 Å². The molecule has 2 N–H and O–H groups in total. The topological polar surface area (TPSA) is 49.6 Å². The fourth-order valence-corrected chi connectivity index (χ4v) is 2.46. The molecule has 0 unspecified atom stereocenters. The minimum Gasteiger partial charge on any atom is -0.368 e. The minimum atomic E-state index is -4.32. The highest BCUT2D eigenvalue weighted by molar-refractivity contribution is 5.81. The summed E-state index contributed by atoms with van der Waals surface area (Å²) < 4.78 is 37.6. The summed E-state index contributed by atoms with van der Waals surface area (Å²) in [5.74, 6) is -0.0606. The Morgan fingerprint density at radius 1 is 1.18 bits per heavy atom. The maximum absolute atomic E-state index is 12.5. The smallest absolute Gasteiger partial charge is 0.368 e. The molecule has 1 fully saturated rings. The van der Waals surface area contributed by atoms with Crippen LogP contribution in [0.25, 0.3) is 0 Å². The van der Waals surface area contributed by atoms with Crippen molar-refractivity contribution in [2.45, 2.75) is 25.6 Å². The van der Waals surface area contributed by atoms with Gasteiger partial charge >= 0.3 is 6.18 Å². The van der Waals surface area contributed by atoms with Crippen molar-refractivity contribution in [2.24, 2.45) is 5.73 Å². The van der Waals surface area contributed by atoms with E-state index in [2.05, 4.69) is 0 Å². The summed E-state index contributed by atoms with van der Waals surface area (Å²) in [4.78, 5) is 15.7. The van der Waals surface area contributed by atoms with E-state index in [0.717, 1.165) is 17.8 Å². The van der Waals surface area contributed by atoms with Gasteiger partial charge in [-0.25, -0.2) is 0 Å². The van der Waals surface area contributed by atoms with Gasteiger partial charge < -0.3 is 15.5 Å². The molecule has 1 saturated heterocycles. The number of anilines is 1. The minimum absolute atomic E-state index is 0.0606. The van der Waals surface area contributed by atoms with Gasteiger partial charge in [0.1, 0.15) is 0 Å². The molecule has 1 heterocycles. The predicted octanol–water partition coefficient (Wildman–Crippen LogP) is 2.09. The summed E-state index contributed by atoms with van der Waals surface area (Å²) in [5, 5.41) is 0. The van der Waals surface area contributed by atoms with Gasteiger partial charge in [0.25, 0.3) is 0 Å². The van der Waals surface area contributed by atoms with Crippen molar-refractivity contribution in [1.29, 1.82) is 0 Å². The molecule has 0 spiro atoms. The number of carbonyl (C=O) groups excluding carboxylic acids is 1. The molecule has 0 aromatic heterocycles. The standard InChI is InChI=1S/C15H20F3N3O/c1-2-13(19)14(22)21-9-7-20(8-10-21)12-5-3-11(4-6-12)15(16,17)18/h3-6,13H,2,7-10,19H2,1H3/t13-/m0/s1. The lowest BCUT2D eigenvalue weighted by atomic mass is 10.1. The van der Waals surface area contributed by atoms with E-state index >= 15 is 0 Å². The van der Waals surface area contributed by atoms with Crippen LogP contribution in [0.5, 0.6) is 0 Å². The fraction of sp³-hybridized carbons (Fsp3) is 0.533. The number of piperazine rings is 1. The van der Waals surface area contributed by atoms with E-state index < -0.39 is 17.8 Å². The largest absolute Gasteiger partial charge is 0.416 e. The number of hydrogen-bond acceptors (Lipinski definition) is 3. The van der Waals surface area contributed by atoms with E-state index in [1.54, 1.807) is 4.90 Å². The fourth-order valence-electron chi connectivity index (χ4n) is 2.46. The Hall–Kier alpha value is -1.76. The van der Waals surface area contributed by atoms with Crippen molar-refractivity contribution in [3.8, 4) is 0 Å². The molecule has 1 amide bonds. The Kier molecular flexibility index (Phi) is 4.95. The molecule has 0 bridgehead atoms. The summed E-state index contributed by atoms with van der Waals surface area (Å²) in [6, 6.07) is 4.63. The Labute approximate surface area is 127 Å². The molecule has 1 aliphatic heterocycles. The molecule has 0 saturated carbocycles. The van der Waals surface area contributed by atoms with Crippen molar-refractivity contribution >= 4 is 11.6 Å². The van der Waals surface area contributed by atoms with Crippen LogP contribution in [0.4, 0.5) is 18.9 Å². The number of halogens is 3. The van der Waals surface area contributed by atoms with E-state index in [1.165, 1.54) is 12.1 Å². The van der Waals surface area contributed by atoms with E-state index in [0.29, 0.717) is 32.6 Å². The first-order valence-electron chi connectivity index (χ1n) is 7.29. The predicted molar refractivity (Wildman–Crippen MR) is 78.5 cm³/mol. The molecule has 0 aliphatic carbocycles. The first kappa shape index (κ1) is 16.6. The van der Waals surface area contributed by atoms with Crippen molar-refractivity contribution in [3.05, 3.63) is 29.8 Å². The van der Waals surface area contributed by atoms with Crippen LogP contribution in [0.2, 0.25) is 0 Å². The Bertz CT molecular complexity index is 508. The number of carbonyl (C=O) groups is 1. The highest BCUT2D eigenvalue weighted by Gasteiger charge is 2.30. The zero-order valence-electron chi connectivity index (χ0n) is 12.4. The number of amides is 1. The molecule has 1 atom stereocenters. The number of benzene rings is 1. The molecular weight excluding hydrogens is 295 g/mol. The second-order valence-electron chi connectivity index (χ2n) is 5.37. The van der Waals surface area contributed by atoms with Crippen LogP contribution in [0.3, 0.4) is 0 Å². The van der Waals surface area contributed by atoms with Crippen molar-refractivity contribution in [1.82, 2.24) is 4.90 Å². The van der Waals surface area contributed by atoms with Crippen LogP contribution in [0.1, 0.15) is 18.9 Å². The van der Waals surface area contributed by atoms with Crippen LogP contribution in [0.15, 0.2) is 24.3 Å². The Morgan fingerprint density at radius 3 is 2.18 bits per heavy atom. The lowest BCUT2D eigenvalue weighted by Gasteiger charge is -2.37. The number of rotatable bonds is 3. The van der Waals surface area contributed by atoms with Crippen LogP contribution in [-0.2, 0) is 11.0 Å². The van der Waals surface area contributed by atoms with Gasteiger partial charge in [0, 0.05) is 31.9 Å². The summed E-state index contributed by atoms with van der Waals surface area (Å²) in [5.41, 5.74) is 5.82. The second-order valence-corrected chi connectivity index (χ2v) is 5.37. The van der Waals surface area contributed by atoms with Gasteiger partial charge in [-0.15, -0.1) is 0 Å². The van der Waals surface area contributed by atoms with Gasteiger partial charge in [-0.2, -0.15) is 13.2 Å². The molecule has 1 aliphatic rings. The summed E-state index contributed by atoms with van der Waals surface area (Å²) in [7, 11) is 0. The van der Waals surface area contributed by atoms with E-state index in [-0.39, 0.29) is 5.91 Å². The quantitative estimate of drug-likeness (QED) is 0.929. The van der Waals surface area contributed by atoms with Crippen LogP contribution < -0.4 is 10.6 Å². The third kappa shape index (κ3) is 3.71. The lowest BCUT2D eigenvalue weighted by Crippen LogP contribution is -2.53. The first-order chi connectivity index (χ1) is 10.3. The van der Waals surface area contributed by atoms with Crippen LogP contribution in [-0.4, -0.2) is 43.0 Å². The van der Waals surface area contributed by atoms with E-state index in [4.69, 9.17) is 5.73 Å². The molecule has 2 rings (SSSR count). The number of alkyl halides is 3. The summed E-state index contributed by atoms with van der Waals surface area (Å²) in [6.45, 7) is 4.11. The normalized spacial score (nSPS) is 17.5. The molecule has 22 heavy (non-hydrogen) atoms. The summed E-state index contributed by atoms with van der Waals surface area (Å²) >= 11 is 0. The Morgan fingerprint density at radius 2 is 1.73 bits per heavy atom. The van der Waals surface area contributed by atoms with Gasteiger partial charge in [-0.1, -0.05) is 6.92 Å². The maximum atomic E-state index is 12.5. The zero-order valence-corrected chi connectivity index (χ0v) is 12.4. The van der Waals surface area contributed by atoms with Gasteiger partial charge in [-0.05, 0) is 30.7 Å². The maximum Gasteiger partial charge on any atom is 0.416 e. The monoisotopic (exact) mass is 315 g/mol. The van der Waals surface area contributed by atoms with Gasteiger partial charge in [-0.3, -0.25) is 4.79 Å². The average Bonchev–Trinajstić information content (AvgIpc) is 2.53. The van der Waals surface area contributed by atoms with Gasteiger partial charge in [0.05, 0.1) is 11.6 Å². The SMILES string of the molecule is CC[C@H](N)C(=O)N1CCN(c2ccc(C(F)(F)F)cc2)CC1. The highest BCUT2D eigenvalue weighted by Crippen LogP contribution is 2.30. The second kappa shape index (κ2) is 6.56. The Balaban J connectivity index is 1.96. The van der Waals surface area contributed by atoms with Crippen LogP contribution in [0, 0.1) is 0 Å². The highest BCUT2D eigenvalue weighted by atomic mass is 19.4. The molecule has 0 radical (unpaired) electrons. The number of nitrogens with zero attached hydrogens (tertiary/aromatic N) is 2. The van der Waals surface area contributed by atoms with E-state index in [9.17, 15) is 18.0 Å². The van der Waals surface area contributed by atoms with Crippen LogP contribution >= 0.6 is 0 Å². The first-order valence-corrected chi connectivity index (χ1v) is 7.29. The third-order valence-corrected chi connectivity index (χ3v) is 3.91. The van der Waals surface area contributed by atoms with Gasteiger partial charge in [0.15, 0.2) is 0 Å². The van der Waals surface area contributed by atoms with E-state index in [1.807, 2.05) is 11.8 Å². The van der Waals surface area contributed by atoms with Crippen molar-refractivity contribution in [3.63, 3.8) is 0 Å². The number of nitrogens with two attached hydrogens (primary N) is 1. The zero-order chi connectivity index (χ0) is 16.3. The number of hydrogen-bond donors (Lipinski definition) is 1. The molecule has 122 valence electrons.